The molecule has 0 unspecified atom stereocenters. The molecule has 0 saturated heterocycles. The molecular weight excluding hydrogens is 510 g/mol. The summed E-state index contributed by atoms with van der Waals surface area (Å²) < 4.78 is 5.28. The van der Waals surface area contributed by atoms with E-state index in [0.29, 0.717) is 30.0 Å². The van der Waals surface area contributed by atoms with Gasteiger partial charge in [0.2, 0.25) is 0 Å². The lowest BCUT2D eigenvalue weighted by molar-refractivity contribution is 0.0635. The molecule has 2 aromatic heterocycles. The Morgan fingerprint density at radius 3 is 2.14 bits per heavy atom. The summed E-state index contributed by atoms with van der Waals surface area (Å²) in [7, 11) is 3.93. The predicted molar refractivity (Wildman–Crippen MR) is 151 cm³/mol. The fraction of sp³-hybridized carbons (Fsp3) is 0.346. The number of carbonyl (C=O) groups is 3. The maximum Gasteiger partial charge on any atom is 0.412 e. The largest absolute Gasteiger partial charge is 0.444 e. The molecule has 198 valence electrons. The van der Waals surface area contributed by atoms with Crippen molar-refractivity contribution in [2.75, 3.05) is 43.1 Å². The van der Waals surface area contributed by atoms with E-state index in [9.17, 15) is 14.4 Å². The van der Waals surface area contributed by atoms with Crippen molar-refractivity contribution in [2.45, 2.75) is 32.9 Å². The van der Waals surface area contributed by atoms with E-state index in [0.717, 1.165) is 17.8 Å². The number of urea groups is 1. The zero-order valence-electron chi connectivity index (χ0n) is 21.7. The molecule has 0 aliphatic carbocycles. The monoisotopic (exact) mass is 543 g/mol. The maximum atomic E-state index is 12.9. The van der Waals surface area contributed by atoms with Crippen LogP contribution in [0.5, 0.6) is 0 Å². The van der Waals surface area contributed by atoms with E-state index in [1.165, 1.54) is 22.7 Å². The fourth-order valence-electron chi connectivity index (χ4n) is 3.19. The molecule has 3 rings (SSSR count). The normalized spacial score (nSPS) is 11.2. The summed E-state index contributed by atoms with van der Waals surface area (Å²) in [5.41, 5.74) is 2.46. The lowest BCUT2D eigenvalue weighted by Crippen LogP contribution is -2.38. The van der Waals surface area contributed by atoms with Crippen molar-refractivity contribution in [3.8, 4) is 0 Å². The summed E-state index contributed by atoms with van der Waals surface area (Å²) in [5.74, 6) is -0.308. The molecule has 0 radical (unpaired) electrons. The van der Waals surface area contributed by atoms with Gasteiger partial charge < -0.3 is 25.2 Å². The number of ether oxygens (including phenoxy) is 1. The lowest BCUT2D eigenvalue weighted by Gasteiger charge is -2.24. The van der Waals surface area contributed by atoms with Gasteiger partial charge in [0, 0.05) is 41.3 Å². The van der Waals surface area contributed by atoms with Gasteiger partial charge in [-0.05, 0) is 64.0 Å². The second-order valence-corrected chi connectivity index (χ2v) is 11.2. The summed E-state index contributed by atoms with van der Waals surface area (Å²) in [6.45, 7) is 7.02. The second-order valence-electron chi connectivity index (χ2n) is 9.64. The van der Waals surface area contributed by atoms with Crippen LogP contribution >= 0.6 is 22.7 Å². The molecule has 0 aliphatic rings. The zero-order valence-corrected chi connectivity index (χ0v) is 23.3. The van der Waals surface area contributed by atoms with Crippen molar-refractivity contribution >= 4 is 57.8 Å². The van der Waals surface area contributed by atoms with E-state index < -0.39 is 11.7 Å². The van der Waals surface area contributed by atoms with Gasteiger partial charge in [-0.15, -0.1) is 11.3 Å². The average Bonchev–Trinajstić information content (AvgIpc) is 3.47. The van der Waals surface area contributed by atoms with Crippen LogP contribution in [0.4, 0.5) is 26.7 Å². The van der Waals surface area contributed by atoms with Gasteiger partial charge in [-0.1, -0.05) is 12.1 Å². The molecule has 0 bridgehead atoms. The highest BCUT2D eigenvalue weighted by molar-refractivity contribution is 7.09. The summed E-state index contributed by atoms with van der Waals surface area (Å²) >= 11 is 2.87. The predicted octanol–water partition coefficient (Wildman–Crippen LogP) is 6.00. The molecule has 3 N–H and O–H groups in total. The first-order valence-corrected chi connectivity index (χ1v) is 13.6. The topological polar surface area (TPSA) is 103 Å². The number of nitrogens with one attached hydrogen (secondary N) is 3. The number of rotatable bonds is 9. The van der Waals surface area contributed by atoms with Crippen LogP contribution < -0.4 is 16.0 Å². The van der Waals surface area contributed by atoms with Gasteiger partial charge in [0.05, 0.1) is 17.1 Å². The van der Waals surface area contributed by atoms with Gasteiger partial charge >= 0.3 is 12.1 Å². The number of hydrogen-bond donors (Lipinski definition) is 3. The van der Waals surface area contributed by atoms with Crippen molar-refractivity contribution < 1.29 is 19.1 Å². The Kier molecular flexibility index (Phi) is 9.67. The first kappa shape index (κ1) is 28.2. The first-order chi connectivity index (χ1) is 17.5. The minimum absolute atomic E-state index is 0.176. The average molecular weight is 544 g/mol. The molecule has 4 amide bonds. The number of anilines is 3. The molecule has 9 nitrogen and oxygen atoms in total. The first-order valence-electron chi connectivity index (χ1n) is 11.7. The third-order valence-electron chi connectivity index (χ3n) is 5.01. The molecule has 11 heteroatoms. The highest BCUT2D eigenvalue weighted by Gasteiger charge is 2.19. The zero-order chi connectivity index (χ0) is 27.0. The van der Waals surface area contributed by atoms with Crippen LogP contribution in [0.25, 0.3) is 0 Å². The fourth-order valence-corrected chi connectivity index (χ4v) is 4.49. The van der Waals surface area contributed by atoms with Crippen LogP contribution in [0, 0.1) is 0 Å². The number of thiophene rings is 2. The Bertz CT molecular complexity index is 1180. The summed E-state index contributed by atoms with van der Waals surface area (Å²) in [5, 5.41) is 15.7. The number of carbonyl (C=O) groups excluding carboxylic acids is 3. The van der Waals surface area contributed by atoms with Crippen LogP contribution in [-0.2, 0) is 11.3 Å². The molecule has 0 aliphatic heterocycles. The number of benzene rings is 1. The third-order valence-corrected chi connectivity index (χ3v) is 6.44. The van der Waals surface area contributed by atoms with E-state index in [1.807, 2.05) is 48.0 Å². The Morgan fingerprint density at radius 2 is 1.54 bits per heavy atom. The quantitative estimate of drug-likeness (QED) is 0.307. The Morgan fingerprint density at radius 1 is 0.865 bits per heavy atom. The highest BCUT2D eigenvalue weighted by Crippen LogP contribution is 2.28. The molecule has 0 saturated carbocycles. The Balaban J connectivity index is 1.62. The van der Waals surface area contributed by atoms with Crippen molar-refractivity contribution in [1.82, 2.24) is 9.80 Å². The molecule has 0 fully saturated rings. The Hall–Kier alpha value is -3.41. The van der Waals surface area contributed by atoms with Crippen molar-refractivity contribution in [2.24, 2.45) is 0 Å². The van der Waals surface area contributed by atoms with Crippen LogP contribution in [0.3, 0.4) is 0 Å². The van der Waals surface area contributed by atoms with Crippen molar-refractivity contribution in [1.29, 1.82) is 0 Å². The Labute approximate surface area is 225 Å². The van der Waals surface area contributed by atoms with Crippen molar-refractivity contribution in [3.05, 3.63) is 63.0 Å². The number of likely N-dealkylation sites (N-methyl/N-ethyl adjacent to an activating group) is 1. The molecule has 37 heavy (non-hydrogen) atoms. The summed E-state index contributed by atoms with van der Waals surface area (Å²) in [4.78, 5) is 41.6. The van der Waals surface area contributed by atoms with E-state index in [4.69, 9.17) is 4.74 Å². The van der Waals surface area contributed by atoms with E-state index in [1.54, 1.807) is 48.6 Å². The van der Waals surface area contributed by atoms with Gasteiger partial charge in [0.1, 0.15) is 5.60 Å². The van der Waals surface area contributed by atoms with Crippen LogP contribution in [0.15, 0.2) is 51.9 Å². The van der Waals surface area contributed by atoms with E-state index in [2.05, 4.69) is 16.0 Å². The minimum atomic E-state index is -0.627. The van der Waals surface area contributed by atoms with Gasteiger partial charge in [-0.25, -0.2) is 9.59 Å². The number of hydrogen-bond acceptors (Lipinski definition) is 7. The van der Waals surface area contributed by atoms with Crippen LogP contribution in [-0.4, -0.2) is 60.6 Å². The number of amides is 4. The van der Waals surface area contributed by atoms with Gasteiger partial charge in [0.25, 0.3) is 5.91 Å². The van der Waals surface area contributed by atoms with Crippen LogP contribution in [0.2, 0.25) is 0 Å². The molecule has 1 aromatic carbocycles. The second kappa shape index (κ2) is 12.7. The molecule has 0 atom stereocenters. The van der Waals surface area contributed by atoms with Gasteiger partial charge in [0.15, 0.2) is 0 Å². The number of nitrogens with zero attached hydrogens (tertiary/aromatic N) is 2. The summed E-state index contributed by atoms with van der Waals surface area (Å²) in [6, 6.07) is 8.80. The van der Waals surface area contributed by atoms with Crippen LogP contribution in [0.1, 0.15) is 36.7 Å². The van der Waals surface area contributed by atoms with Crippen molar-refractivity contribution in [3.63, 3.8) is 0 Å². The van der Waals surface area contributed by atoms with Gasteiger partial charge in [-0.2, -0.15) is 11.3 Å². The highest BCUT2D eigenvalue weighted by atomic mass is 32.1. The standard InChI is InChI=1S/C26H33N5O4S2/c1-26(2,3)35-25(34)29-22-17-37-16-21(22)28-23(32)19-8-6-18(7-9-19)14-31(12-11-30(4)5)24(33)27-20-10-13-36-15-20/h6-10,13,15-17H,11-12,14H2,1-5H3,(H,27,33)(H,28,32)(H,29,34). The minimum Gasteiger partial charge on any atom is -0.444 e. The molecule has 0 spiro atoms. The molecule has 2 heterocycles. The smallest absolute Gasteiger partial charge is 0.412 e. The third kappa shape index (κ3) is 9.19. The molecular formula is C26H33N5O4S2. The molecule has 3 aromatic rings. The van der Waals surface area contributed by atoms with Gasteiger partial charge in [-0.3, -0.25) is 10.1 Å². The maximum absolute atomic E-state index is 12.9. The summed E-state index contributed by atoms with van der Waals surface area (Å²) in [6.07, 6.45) is -0.590. The SMILES string of the molecule is CN(C)CCN(Cc1ccc(C(=O)Nc2cscc2NC(=O)OC(C)(C)C)cc1)C(=O)Nc1ccsc1. The van der Waals surface area contributed by atoms with E-state index in [-0.39, 0.29) is 11.9 Å². The lowest BCUT2D eigenvalue weighted by atomic mass is 10.1. The van der Waals surface area contributed by atoms with E-state index >= 15 is 0 Å².